The van der Waals surface area contributed by atoms with Crippen molar-refractivity contribution in [1.82, 2.24) is 9.97 Å². The number of aliphatic hydroxyl groups is 1. The van der Waals surface area contributed by atoms with Gasteiger partial charge in [0.05, 0.1) is 26.6 Å². The van der Waals surface area contributed by atoms with Crippen LogP contribution in [0.25, 0.3) is 31.6 Å². The molecule has 0 radical (unpaired) electrons. The minimum Gasteiger partial charge on any atom is -0.390 e. The topological polar surface area (TPSA) is 72.0 Å². The molecule has 0 unspecified atom stereocenters. The monoisotopic (exact) mass is 419 g/mol. The van der Waals surface area contributed by atoms with Crippen LogP contribution in [0.4, 0.5) is 0 Å². The Morgan fingerprint density at radius 1 is 1.00 bits per heavy atom. The Labute approximate surface area is 177 Å². The molecule has 2 aromatic carbocycles. The summed E-state index contributed by atoms with van der Waals surface area (Å²) in [5, 5.41) is 11.1. The molecule has 1 aliphatic carbocycles. The van der Waals surface area contributed by atoms with Crippen molar-refractivity contribution in [2.24, 2.45) is 5.73 Å². The van der Waals surface area contributed by atoms with E-state index >= 15 is 0 Å². The molecule has 1 aliphatic rings. The Kier molecular flexibility index (Phi) is 4.40. The van der Waals surface area contributed by atoms with Crippen molar-refractivity contribution in [3.63, 3.8) is 0 Å². The molecule has 2 heterocycles. The van der Waals surface area contributed by atoms with Crippen molar-refractivity contribution in [2.45, 2.75) is 30.9 Å². The Bertz CT molecular complexity index is 1120. The van der Waals surface area contributed by atoms with E-state index in [-0.39, 0.29) is 0 Å². The van der Waals surface area contributed by atoms with E-state index in [4.69, 9.17) is 10.7 Å². The van der Waals surface area contributed by atoms with Crippen LogP contribution in [-0.4, -0.2) is 20.7 Å². The van der Waals surface area contributed by atoms with Gasteiger partial charge < -0.3 is 10.8 Å². The van der Waals surface area contributed by atoms with Gasteiger partial charge in [0.2, 0.25) is 0 Å². The van der Waals surface area contributed by atoms with Gasteiger partial charge in [-0.15, -0.1) is 22.7 Å². The highest BCUT2D eigenvalue weighted by Gasteiger charge is 2.49. The highest BCUT2D eigenvalue weighted by Crippen LogP contribution is 2.47. The van der Waals surface area contributed by atoms with E-state index < -0.39 is 11.1 Å². The lowest BCUT2D eigenvalue weighted by Crippen LogP contribution is -2.58. The third-order valence-electron chi connectivity index (χ3n) is 5.43. The molecule has 0 aliphatic heterocycles. The number of nitrogens with zero attached hydrogens (tertiary/aromatic N) is 2. The van der Waals surface area contributed by atoms with Crippen molar-refractivity contribution >= 4 is 22.7 Å². The van der Waals surface area contributed by atoms with Gasteiger partial charge in [0.15, 0.2) is 0 Å². The SMILES string of the molecule is C[C@]1(O)C[C@](N)(c2ccc(-c3nc(-c4cncs4)sc3-c3ccccc3)cc2)C1. The van der Waals surface area contributed by atoms with Crippen molar-refractivity contribution in [3.05, 3.63) is 71.9 Å². The normalized spacial score (nSPS) is 23.7. The molecule has 4 aromatic rings. The third-order valence-corrected chi connectivity index (χ3v) is 7.48. The zero-order valence-corrected chi connectivity index (χ0v) is 17.6. The van der Waals surface area contributed by atoms with Gasteiger partial charge in [0, 0.05) is 17.3 Å². The summed E-state index contributed by atoms with van der Waals surface area (Å²) < 4.78 is 0. The van der Waals surface area contributed by atoms with Crippen LogP contribution >= 0.6 is 22.7 Å². The van der Waals surface area contributed by atoms with Gasteiger partial charge in [-0.05, 0) is 30.9 Å². The number of aromatic nitrogens is 2. The van der Waals surface area contributed by atoms with Crippen molar-refractivity contribution in [3.8, 4) is 31.6 Å². The van der Waals surface area contributed by atoms with Crippen LogP contribution in [0.5, 0.6) is 0 Å². The zero-order valence-electron chi connectivity index (χ0n) is 16.0. The Morgan fingerprint density at radius 2 is 1.72 bits per heavy atom. The number of nitrogens with two attached hydrogens (primary N) is 1. The van der Waals surface area contributed by atoms with E-state index in [9.17, 15) is 5.11 Å². The van der Waals surface area contributed by atoms with E-state index in [2.05, 4.69) is 53.5 Å². The number of hydrogen-bond donors (Lipinski definition) is 2. The molecular weight excluding hydrogens is 398 g/mol. The number of thiazole rings is 2. The second kappa shape index (κ2) is 6.85. The first-order valence-electron chi connectivity index (χ1n) is 9.51. The Balaban J connectivity index is 1.55. The van der Waals surface area contributed by atoms with Gasteiger partial charge in [0.25, 0.3) is 0 Å². The molecule has 0 amide bonds. The summed E-state index contributed by atoms with van der Waals surface area (Å²) in [4.78, 5) is 11.4. The van der Waals surface area contributed by atoms with Gasteiger partial charge in [-0.1, -0.05) is 54.6 Å². The summed E-state index contributed by atoms with van der Waals surface area (Å²) in [5.74, 6) is 0. The predicted molar refractivity (Wildman–Crippen MR) is 120 cm³/mol. The van der Waals surface area contributed by atoms with E-state index in [1.54, 1.807) is 22.7 Å². The molecule has 1 saturated carbocycles. The van der Waals surface area contributed by atoms with Gasteiger partial charge in [0.1, 0.15) is 5.01 Å². The largest absolute Gasteiger partial charge is 0.390 e. The van der Waals surface area contributed by atoms with E-state index in [0.717, 1.165) is 37.1 Å². The second-order valence-electron chi connectivity index (χ2n) is 8.01. The van der Waals surface area contributed by atoms with Gasteiger partial charge in [-0.25, -0.2) is 4.98 Å². The Hall–Kier alpha value is -2.38. The van der Waals surface area contributed by atoms with Crippen LogP contribution in [0.2, 0.25) is 0 Å². The molecule has 5 rings (SSSR count). The smallest absolute Gasteiger partial charge is 0.136 e. The summed E-state index contributed by atoms with van der Waals surface area (Å²) in [6, 6.07) is 18.7. The molecule has 3 N–H and O–H groups in total. The summed E-state index contributed by atoms with van der Waals surface area (Å²) in [6.45, 7) is 1.84. The predicted octanol–water partition coefficient (Wildman–Crippen LogP) is 5.30. The van der Waals surface area contributed by atoms with E-state index in [1.165, 1.54) is 0 Å². The fourth-order valence-electron chi connectivity index (χ4n) is 4.20. The quantitative estimate of drug-likeness (QED) is 0.471. The maximum absolute atomic E-state index is 10.1. The van der Waals surface area contributed by atoms with Crippen LogP contribution < -0.4 is 5.73 Å². The zero-order chi connectivity index (χ0) is 20.1. The van der Waals surface area contributed by atoms with Gasteiger partial charge in [-0.2, -0.15) is 0 Å². The first kappa shape index (κ1) is 18.6. The van der Waals surface area contributed by atoms with Crippen molar-refractivity contribution in [2.75, 3.05) is 0 Å². The van der Waals surface area contributed by atoms with Crippen LogP contribution in [-0.2, 0) is 5.54 Å². The minimum absolute atomic E-state index is 0.444. The van der Waals surface area contributed by atoms with Crippen molar-refractivity contribution < 1.29 is 5.11 Å². The summed E-state index contributed by atoms with van der Waals surface area (Å²) in [5.41, 5.74) is 11.5. The molecule has 146 valence electrons. The van der Waals surface area contributed by atoms with Crippen LogP contribution in [0.3, 0.4) is 0 Å². The molecule has 4 nitrogen and oxygen atoms in total. The number of hydrogen-bond acceptors (Lipinski definition) is 6. The maximum atomic E-state index is 10.1. The Morgan fingerprint density at radius 3 is 2.34 bits per heavy atom. The van der Waals surface area contributed by atoms with E-state index in [0.29, 0.717) is 12.8 Å². The molecule has 2 aromatic heterocycles. The molecule has 0 atom stereocenters. The first-order valence-corrected chi connectivity index (χ1v) is 11.2. The second-order valence-corrected chi connectivity index (χ2v) is 9.90. The van der Waals surface area contributed by atoms with Gasteiger partial charge >= 0.3 is 0 Å². The summed E-state index contributed by atoms with van der Waals surface area (Å²) >= 11 is 3.29. The third kappa shape index (κ3) is 3.42. The maximum Gasteiger partial charge on any atom is 0.136 e. The molecule has 0 saturated heterocycles. The highest BCUT2D eigenvalue weighted by molar-refractivity contribution is 7.23. The highest BCUT2D eigenvalue weighted by atomic mass is 32.1. The van der Waals surface area contributed by atoms with E-state index in [1.807, 2.05) is 24.7 Å². The molecule has 0 spiro atoms. The number of rotatable bonds is 4. The lowest BCUT2D eigenvalue weighted by Gasteiger charge is -2.49. The van der Waals surface area contributed by atoms with Crippen LogP contribution in [0, 0.1) is 0 Å². The fraction of sp³-hybridized carbons (Fsp3) is 0.217. The molecule has 0 bridgehead atoms. The fourth-order valence-corrected chi connectivity index (χ4v) is 5.97. The summed E-state index contributed by atoms with van der Waals surface area (Å²) in [6.07, 6.45) is 3.04. The summed E-state index contributed by atoms with van der Waals surface area (Å²) in [7, 11) is 0. The molecular formula is C23H21N3OS2. The van der Waals surface area contributed by atoms with Gasteiger partial charge in [-0.3, -0.25) is 4.98 Å². The van der Waals surface area contributed by atoms with Crippen LogP contribution in [0.15, 0.2) is 66.3 Å². The molecule has 6 heteroatoms. The average molecular weight is 420 g/mol. The minimum atomic E-state index is -0.660. The molecule has 1 fully saturated rings. The van der Waals surface area contributed by atoms with Crippen LogP contribution in [0.1, 0.15) is 25.3 Å². The first-order chi connectivity index (χ1) is 13.9. The average Bonchev–Trinajstić information content (AvgIpc) is 3.37. The number of benzene rings is 2. The molecule has 29 heavy (non-hydrogen) atoms. The standard InChI is InChI=1S/C23H21N3OS2/c1-22(27)12-23(24,13-22)17-9-7-15(8-10-17)19-20(16-5-3-2-4-6-16)29-21(26-19)18-11-25-14-28-18/h2-11,14,27H,12-13,24H2,1H3/t22-,23+. The van der Waals surface area contributed by atoms with Crippen molar-refractivity contribution in [1.29, 1.82) is 0 Å². The lowest BCUT2D eigenvalue weighted by molar-refractivity contribution is -0.0738. The lowest BCUT2D eigenvalue weighted by atomic mass is 9.63.